The van der Waals surface area contributed by atoms with Crippen LogP contribution in [0.2, 0.25) is 0 Å². The molecule has 1 aromatic rings. The van der Waals surface area contributed by atoms with Crippen LogP contribution in [-0.4, -0.2) is 27.0 Å². The van der Waals surface area contributed by atoms with E-state index in [1.165, 1.54) is 19.2 Å². The summed E-state index contributed by atoms with van der Waals surface area (Å²) in [6.07, 6.45) is 0. The van der Waals surface area contributed by atoms with Crippen molar-refractivity contribution in [2.75, 3.05) is 13.7 Å². The fraction of sp³-hybridized carbons (Fsp3) is 0.200. The standard InChI is InChI=1S/C10H11BrN2O5S/c1-7(11)6-12-19(16,17)8-3-4-10(18-2)9(5-8)13(14)15/h3-5,12H,1,6H2,2H3. The zero-order valence-electron chi connectivity index (χ0n) is 9.92. The van der Waals surface area contributed by atoms with Crippen molar-refractivity contribution in [2.24, 2.45) is 0 Å². The highest BCUT2D eigenvalue weighted by Crippen LogP contribution is 2.29. The minimum atomic E-state index is -3.84. The number of hydrogen-bond acceptors (Lipinski definition) is 5. The Balaban J connectivity index is 3.18. The van der Waals surface area contributed by atoms with E-state index in [4.69, 9.17) is 4.74 Å². The number of halogens is 1. The summed E-state index contributed by atoms with van der Waals surface area (Å²) in [5.74, 6) is -0.00569. The number of rotatable bonds is 6. The van der Waals surface area contributed by atoms with Gasteiger partial charge in [-0.05, 0) is 12.1 Å². The predicted octanol–water partition coefficient (Wildman–Crippen LogP) is 1.79. The third-order valence-corrected chi connectivity index (χ3v) is 3.79. The van der Waals surface area contributed by atoms with Gasteiger partial charge in [-0.1, -0.05) is 22.5 Å². The highest BCUT2D eigenvalue weighted by Gasteiger charge is 2.21. The third kappa shape index (κ3) is 4.01. The van der Waals surface area contributed by atoms with Gasteiger partial charge in [-0.3, -0.25) is 10.1 Å². The van der Waals surface area contributed by atoms with E-state index in [0.29, 0.717) is 4.48 Å². The van der Waals surface area contributed by atoms with E-state index < -0.39 is 20.6 Å². The molecule has 0 amide bonds. The fourth-order valence-electron chi connectivity index (χ4n) is 1.24. The maximum atomic E-state index is 11.9. The largest absolute Gasteiger partial charge is 0.490 e. The normalized spacial score (nSPS) is 11.1. The molecule has 0 radical (unpaired) electrons. The van der Waals surface area contributed by atoms with Gasteiger partial charge in [-0.25, -0.2) is 13.1 Å². The Labute approximate surface area is 118 Å². The van der Waals surface area contributed by atoms with E-state index in [9.17, 15) is 18.5 Å². The molecule has 0 saturated carbocycles. The Morgan fingerprint density at radius 2 is 2.21 bits per heavy atom. The Hall–Kier alpha value is -1.45. The van der Waals surface area contributed by atoms with Gasteiger partial charge in [-0.2, -0.15) is 0 Å². The van der Waals surface area contributed by atoms with Crippen molar-refractivity contribution in [3.05, 3.63) is 39.4 Å². The van der Waals surface area contributed by atoms with Crippen LogP contribution in [0, 0.1) is 10.1 Å². The van der Waals surface area contributed by atoms with Gasteiger partial charge in [0, 0.05) is 17.1 Å². The Bertz CT molecular complexity index is 614. The molecule has 0 atom stereocenters. The van der Waals surface area contributed by atoms with Crippen molar-refractivity contribution >= 4 is 31.6 Å². The molecule has 9 heteroatoms. The second-order valence-electron chi connectivity index (χ2n) is 3.43. The van der Waals surface area contributed by atoms with Gasteiger partial charge in [0.05, 0.1) is 16.9 Å². The molecule has 1 N–H and O–H groups in total. The number of ether oxygens (including phenoxy) is 1. The van der Waals surface area contributed by atoms with Crippen molar-refractivity contribution in [1.29, 1.82) is 0 Å². The lowest BCUT2D eigenvalue weighted by molar-refractivity contribution is -0.386. The average Bonchev–Trinajstić information content (AvgIpc) is 2.35. The molecule has 0 aliphatic carbocycles. The van der Waals surface area contributed by atoms with Gasteiger partial charge in [0.15, 0.2) is 5.75 Å². The first-order chi connectivity index (χ1) is 8.77. The van der Waals surface area contributed by atoms with Gasteiger partial charge in [-0.15, -0.1) is 0 Å². The van der Waals surface area contributed by atoms with Crippen LogP contribution in [-0.2, 0) is 10.0 Å². The SMILES string of the molecule is C=C(Br)CNS(=O)(=O)c1ccc(OC)c([N+](=O)[O-])c1. The Morgan fingerprint density at radius 3 is 2.68 bits per heavy atom. The van der Waals surface area contributed by atoms with Crippen LogP contribution < -0.4 is 9.46 Å². The van der Waals surface area contributed by atoms with Gasteiger partial charge in [0.1, 0.15) is 0 Å². The number of benzene rings is 1. The van der Waals surface area contributed by atoms with Crippen molar-refractivity contribution in [3.8, 4) is 5.75 Å². The first kappa shape index (κ1) is 15.6. The molecule has 19 heavy (non-hydrogen) atoms. The molecule has 0 spiro atoms. The van der Waals surface area contributed by atoms with Gasteiger partial charge in [0.25, 0.3) is 0 Å². The maximum absolute atomic E-state index is 11.9. The number of nitrogens with one attached hydrogen (secondary N) is 1. The third-order valence-electron chi connectivity index (χ3n) is 2.11. The lowest BCUT2D eigenvalue weighted by atomic mass is 10.3. The quantitative estimate of drug-likeness (QED) is 0.622. The maximum Gasteiger partial charge on any atom is 0.312 e. The minimum Gasteiger partial charge on any atom is -0.490 e. The van der Waals surface area contributed by atoms with E-state index in [1.54, 1.807) is 0 Å². The molecule has 1 rings (SSSR count). The lowest BCUT2D eigenvalue weighted by Crippen LogP contribution is -2.24. The fourth-order valence-corrected chi connectivity index (χ4v) is 2.61. The van der Waals surface area contributed by atoms with E-state index in [0.717, 1.165) is 6.07 Å². The minimum absolute atomic E-state index is 0.00569. The zero-order chi connectivity index (χ0) is 14.6. The number of nitrogens with zero attached hydrogens (tertiary/aromatic N) is 1. The Kier molecular flexibility index (Phi) is 5.04. The molecule has 0 heterocycles. The molecule has 0 aliphatic rings. The van der Waals surface area contributed by atoms with E-state index >= 15 is 0 Å². The lowest BCUT2D eigenvalue weighted by Gasteiger charge is -2.07. The van der Waals surface area contributed by atoms with Gasteiger partial charge < -0.3 is 4.74 Å². The second-order valence-corrected chi connectivity index (χ2v) is 6.32. The number of sulfonamides is 1. The smallest absolute Gasteiger partial charge is 0.312 e. The summed E-state index contributed by atoms with van der Waals surface area (Å²) in [4.78, 5) is 9.89. The summed E-state index contributed by atoms with van der Waals surface area (Å²) in [6.45, 7) is 3.47. The van der Waals surface area contributed by atoms with E-state index in [1.807, 2.05) is 0 Å². The topological polar surface area (TPSA) is 98.5 Å². The molecule has 0 aromatic heterocycles. The molecule has 104 valence electrons. The number of methoxy groups -OCH3 is 1. The molecule has 7 nitrogen and oxygen atoms in total. The highest BCUT2D eigenvalue weighted by molar-refractivity contribution is 9.11. The van der Waals surface area contributed by atoms with Gasteiger partial charge >= 0.3 is 5.69 Å². The van der Waals surface area contributed by atoms with Crippen molar-refractivity contribution in [2.45, 2.75) is 4.90 Å². The molecule has 0 bridgehead atoms. The van der Waals surface area contributed by atoms with Crippen LogP contribution in [0.1, 0.15) is 0 Å². The number of nitro benzene ring substituents is 1. The summed E-state index contributed by atoms with van der Waals surface area (Å²) in [5, 5.41) is 10.8. The Morgan fingerprint density at radius 1 is 1.58 bits per heavy atom. The van der Waals surface area contributed by atoms with Gasteiger partial charge in [0.2, 0.25) is 10.0 Å². The first-order valence-electron chi connectivity index (χ1n) is 4.93. The van der Waals surface area contributed by atoms with Crippen LogP contribution in [0.3, 0.4) is 0 Å². The van der Waals surface area contributed by atoms with Crippen LogP contribution in [0.15, 0.2) is 34.2 Å². The van der Waals surface area contributed by atoms with Crippen LogP contribution in [0.5, 0.6) is 5.75 Å². The average molecular weight is 351 g/mol. The molecule has 0 fully saturated rings. The number of hydrogen-bond donors (Lipinski definition) is 1. The highest BCUT2D eigenvalue weighted by atomic mass is 79.9. The van der Waals surface area contributed by atoms with E-state index in [-0.39, 0.29) is 17.2 Å². The van der Waals surface area contributed by atoms with Crippen LogP contribution in [0.4, 0.5) is 5.69 Å². The molecule has 0 saturated heterocycles. The molecule has 1 aromatic carbocycles. The predicted molar refractivity (Wildman–Crippen MR) is 72.9 cm³/mol. The van der Waals surface area contributed by atoms with E-state index in [2.05, 4.69) is 27.2 Å². The van der Waals surface area contributed by atoms with Crippen molar-refractivity contribution in [3.63, 3.8) is 0 Å². The summed E-state index contributed by atoms with van der Waals surface area (Å²) in [6, 6.07) is 3.40. The summed E-state index contributed by atoms with van der Waals surface area (Å²) in [7, 11) is -2.57. The summed E-state index contributed by atoms with van der Waals surface area (Å²) >= 11 is 3.01. The van der Waals surface area contributed by atoms with Crippen molar-refractivity contribution < 1.29 is 18.1 Å². The summed E-state index contributed by atoms with van der Waals surface area (Å²) < 4.78 is 31.2. The van der Waals surface area contributed by atoms with Crippen molar-refractivity contribution in [1.82, 2.24) is 4.72 Å². The summed E-state index contributed by atoms with van der Waals surface area (Å²) in [5.41, 5.74) is -0.414. The molecular weight excluding hydrogens is 340 g/mol. The number of nitro groups is 1. The monoisotopic (exact) mass is 350 g/mol. The zero-order valence-corrected chi connectivity index (χ0v) is 12.3. The first-order valence-corrected chi connectivity index (χ1v) is 7.21. The molecule has 0 aliphatic heterocycles. The molecule has 0 unspecified atom stereocenters. The molecular formula is C10H11BrN2O5S. The second kappa shape index (κ2) is 6.13. The van der Waals surface area contributed by atoms with Crippen LogP contribution >= 0.6 is 15.9 Å². The van der Waals surface area contributed by atoms with Crippen LogP contribution in [0.25, 0.3) is 0 Å².